The van der Waals surface area contributed by atoms with Crippen LogP contribution in [-0.4, -0.2) is 13.1 Å². The number of rotatable bonds is 6. The number of nitrogens with one attached hydrogen (secondary N) is 1. The third-order valence-corrected chi connectivity index (χ3v) is 1.26. The van der Waals surface area contributed by atoms with E-state index in [9.17, 15) is 0 Å². The zero-order valence-corrected chi connectivity index (χ0v) is 6.32. The maximum atomic E-state index is 3.66. The lowest BCUT2D eigenvalue weighted by molar-refractivity contribution is 0.646. The van der Waals surface area contributed by atoms with Gasteiger partial charge in [0.05, 0.1) is 0 Å². The molecule has 54 valence electrons. The van der Waals surface area contributed by atoms with Gasteiger partial charge >= 0.3 is 0 Å². The van der Waals surface area contributed by atoms with Crippen LogP contribution in [-0.2, 0) is 0 Å². The van der Waals surface area contributed by atoms with Gasteiger partial charge in [0.1, 0.15) is 0 Å². The summed E-state index contributed by atoms with van der Waals surface area (Å²) in [7, 11) is 0. The van der Waals surface area contributed by atoms with Crippen molar-refractivity contribution >= 4 is 0 Å². The van der Waals surface area contributed by atoms with Crippen molar-refractivity contribution in [2.24, 2.45) is 0 Å². The molecule has 0 unspecified atom stereocenters. The molecule has 9 heavy (non-hydrogen) atoms. The molecule has 0 radical (unpaired) electrons. The zero-order valence-electron chi connectivity index (χ0n) is 6.32. The van der Waals surface area contributed by atoms with Crippen molar-refractivity contribution in [2.75, 3.05) is 13.1 Å². The van der Waals surface area contributed by atoms with Crippen molar-refractivity contribution in [3.05, 3.63) is 12.7 Å². The third kappa shape index (κ3) is 7.70. The normalized spacial score (nSPS) is 9.44. The predicted octanol–water partition coefficient (Wildman–Crippen LogP) is 1.95. The minimum Gasteiger partial charge on any atom is -0.317 e. The van der Waals surface area contributed by atoms with Gasteiger partial charge in [-0.1, -0.05) is 13.0 Å². The molecular weight excluding hydrogens is 110 g/mol. The molecule has 0 bridgehead atoms. The molecule has 0 spiro atoms. The Kier molecular flexibility index (Phi) is 7.44. The number of hydrogen-bond donors (Lipinski definition) is 1. The molecule has 1 heteroatoms. The summed E-state index contributed by atoms with van der Waals surface area (Å²) in [5.41, 5.74) is 0. The van der Waals surface area contributed by atoms with Gasteiger partial charge in [-0.25, -0.2) is 0 Å². The molecule has 0 heterocycles. The molecule has 0 aromatic rings. The summed E-state index contributed by atoms with van der Waals surface area (Å²) in [5.74, 6) is 0. The van der Waals surface area contributed by atoms with E-state index in [1.165, 1.54) is 12.8 Å². The van der Waals surface area contributed by atoms with Crippen molar-refractivity contribution in [3.8, 4) is 0 Å². The van der Waals surface area contributed by atoms with E-state index < -0.39 is 0 Å². The monoisotopic (exact) mass is 127 g/mol. The fourth-order valence-electron chi connectivity index (χ4n) is 0.715. The fraction of sp³-hybridized carbons (Fsp3) is 0.750. The molecule has 0 aliphatic heterocycles. The Labute approximate surface area is 58.2 Å². The highest BCUT2D eigenvalue weighted by atomic mass is 14.8. The van der Waals surface area contributed by atoms with E-state index in [0.717, 1.165) is 19.5 Å². The van der Waals surface area contributed by atoms with Crippen LogP contribution in [0.3, 0.4) is 0 Å². The Balaban J connectivity index is 2.66. The lowest BCUT2D eigenvalue weighted by atomic mass is 10.2. The molecule has 0 aliphatic rings. The number of allylic oxidation sites excluding steroid dienone is 1. The Morgan fingerprint density at radius 3 is 2.78 bits per heavy atom. The minimum atomic E-state index is 1.09. The molecule has 0 aliphatic carbocycles. The van der Waals surface area contributed by atoms with Gasteiger partial charge in [0.25, 0.3) is 0 Å². The summed E-state index contributed by atoms with van der Waals surface area (Å²) in [6.45, 7) is 8.04. The summed E-state index contributed by atoms with van der Waals surface area (Å²) in [5, 5.41) is 3.27. The Bertz CT molecular complexity index is 59.6. The molecule has 0 aromatic heterocycles. The topological polar surface area (TPSA) is 12.0 Å². The second-order valence-electron chi connectivity index (χ2n) is 2.14. The van der Waals surface area contributed by atoms with Gasteiger partial charge in [-0.05, 0) is 32.4 Å². The van der Waals surface area contributed by atoms with Crippen LogP contribution in [0.4, 0.5) is 0 Å². The highest BCUT2D eigenvalue weighted by Crippen LogP contribution is 1.92. The summed E-state index contributed by atoms with van der Waals surface area (Å²) in [6.07, 6.45) is 5.69. The Morgan fingerprint density at radius 2 is 2.22 bits per heavy atom. The molecule has 0 atom stereocenters. The second kappa shape index (κ2) is 7.70. The van der Waals surface area contributed by atoms with Crippen LogP contribution in [0.1, 0.15) is 26.2 Å². The summed E-state index contributed by atoms with van der Waals surface area (Å²) in [4.78, 5) is 0. The summed E-state index contributed by atoms with van der Waals surface area (Å²) in [6, 6.07) is 0. The second-order valence-corrected chi connectivity index (χ2v) is 2.14. The van der Waals surface area contributed by atoms with Crippen molar-refractivity contribution in [1.29, 1.82) is 0 Å². The SMILES string of the molecule is C=CCCCCNCC. The molecule has 0 saturated heterocycles. The fourth-order valence-corrected chi connectivity index (χ4v) is 0.715. The van der Waals surface area contributed by atoms with E-state index in [1.54, 1.807) is 0 Å². The van der Waals surface area contributed by atoms with Crippen molar-refractivity contribution in [3.63, 3.8) is 0 Å². The molecule has 1 N–H and O–H groups in total. The molecule has 1 nitrogen and oxygen atoms in total. The van der Waals surface area contributed by atoms with E-state index in [4.69, 9.17) is 0 Å². The van der Waals surface area contributed by atoms with E-state index in [-0.39, 0.29) is 0 Å². The molecular formula is C8H17N. The van der Waals surface area contributed by atoms with Gasteiger partial charge in [-0.3, -0.25) is 0 Å². The van der Waals surface area contributed by atoms with Gasteiger partial charge in [-0.2, -0.15) is 0 Å². The average Bonchev–Trinajstić information content (AvgIpc) is 1.89. The van der Waals surface area contributed by atoms with Crippen LogP contribution in [0.15, 0.2) is 12.7 Å². The van der Waals surface area contributed by atoms with Crippen LogP contribution in [0, 0.1) is 0 Å². The van der Waals surface area contributed by atoms with Crippen molar-refractivity contribution < 1.29 is 0 Å². The van der Waals surface area contributed by atoms with Gasteiger partial charge in [-0.15, -0.1) is 6.58 Å². The molecule has 0 amide bonds. The quantitative estimate of drug-likeness (QED) is 0.425. The van der Waals surface area contributed by atoms with Crippen molar-refractivity contribution in [2.45, 2.75) is 26.2 Å². The first-order valence-electron chi connectivity index (χ1n) is 3.73. The zero-order chi connectivity index (χ0) is 6.95. The first-order chi connectivity index (χ1) is 4.41. The first-order valence-corrected chi connectivity index (χ1v) is 3.73. The summed E-state index contributed by atoms with van der Waals surface area (Å²) < 4.78 is 0. The highest BCUT2D eigenvalue weighted by Gasteiger charge is 1.82. The lowest BCUT2D eigenvalue weighted by Crippen LogP contribution is -2.13. The molecule has 0 saturated carbocycles. The lowest BCUT2D eigenvalue weighted by Gasteiger charge is -1.97. The molecule has 0 aromatic carbocycles. The first kappa shape index (κ1) is 8.70. The maximum Gasteiger partial charge on any atom is -0.00489 e. The van der Waals surface area contributed by atoms with Gasteiger partial charge in [0.15, 0.2) is 0 Å². The Hall–Kier alpha value is -0.300. The Morgan fingerprint density at radius 1 is 1.44 bits per heavy atom. The van der Waals surface area contributed by atoms with E-state index in [0.29, 0.717) is 0 Å². The highest BCUT2D eigenvalue weighted by molar-refractivity contribution is 4.65. The van der Waals surface area contributed by atoms with Gasteiger partial charge < -0.3 is 5.32 Å². The van der Waals surface area contributed by atoms with Gasteiger partial charge in [0, 0.05) is 0 Å². The van der Waals surface area contributed by atoms with E-state index >= 15 is 0 Å². The van der Waals surface area contributed by atoms with E-state index in [2.05, 4.69) is 18.8 Å². The van der Waals surface area contributed by atoms with Crippen LogP contribution in [0.2, 0.25) is 0 Å². The molecule has 0 rings (SSSR count). The van der Waals surface area contributed by atoms with Crippen molar-refractivity contribution in [1.82, 2.24) is 5.32 Å². The average molecular weight is 127 g/mol. The third-order valence-electron chi connectivity index (χ3n) is 1.26. The standard InChI is InChI=1S/C8H17N/c1-3-5-6-7-8-9-4-2/h3,9H,1,4-8H2,2H3. The number of hydrogen-bond acceptors (Lipinski definition) is 1. The van der Waals surface area contributed by atoms with Crippen LogP contribution in [0.5, 0.6) is 0 Å². The summed E-state index contributed by atoms with van der Waals surface area (Å²) >= 11 is 0. The predicted molar refractivity (Wildman–Crippen MR) is 42.6 cm³/mol. The molecule has 0 fully saturated rings. The van der Waals surface area contributed by atoms with Crippen LogP contribution in [0.25, 0.3) is 0 Å². The minimum absolute atomic E-state index is 1.09. The van der Waals surface area contributed by atoms with Crippen LogP contribution >= 0.6 is 0 Å². The van der Waals surface area contributed by atoms with E-state index in [1.807, 2.05) is 6.08 Å². The smallest absolute Gasteiger partial charge is 0.00489 e. The number of unbranched alkanes of at least 4 members (excludes halogenated alkanes) is 2. The van der Waals surface area contributed by atoms with Crippen LogP contribution < -0.4 is 5.32 Å². The maximum absolute atomic E-state index is 3.66. The van der Waals surface area contributed by atoms with Gasteiger partial charge in [0.2, 0.25) is 0 Å². The largest absolute Gasteiger partial charge is 0.317 e.